The first-order chi connectivity index (χ1) is 36.2. The highest BCUT2D eigenvalue weighted by Gasteiger charge is 2.47. The summed E-state index contributed by atoms with van der Waals surface area (Å²) in [6, 6.07) is 17.0. The van der Waals surface area contributed by atoms with E-state index in [0.29, 0.717) is 5.92 Å². The van der Waals surface area contributed by atoms with Crippen molar-refractivity contribution >= 4 is 34.1 Å². The minimum absolute atomic E-state index is 0.348. The summed E-state index contributed by atoms with van der Waals surface area (Å²) in [5.74, 6) is 0.348. The number of pyridine rings is 1. The highest BCUT2D eigenvalue weighted by molar-refractivity contribution is 7.20. The Morgan fingerprint density at radius 2 is 0.620 bits per heavy atom. The van der Waals surface area contributed by atoms with Gasteiger partial charge < -0.3 is 0 Å². The van der Waals surface area contributed by atoms with Gasteiger partial charge in [0, 0.05) is 17.7 Å². The molecule has 1 unspecified atom stereocenters. The number of hydrogen-bond donors (Lipinski definition) is 0. The fraction of sp³-hybridized carbons (Fsp3) is 0.189. The average molecular weight is 1150 g/mol. The van der Waals surface area contributed by atoms with Gasteiger partial charge in [-0.2, -0.15) is 132 Å². The molecule has 0 bridgehead atoms. The Labute approximate surface area is 430 Å². The van der Waals surface area contributed by atoms with E-state index < -0.39 is 195 Å². The third kappa shape index (κ3) is 13.0. The van der Waals surface area contributed by atoms with Crippen LogP contribution in [0.3, 0.4) is 0 Å². The fourth-order valence-electron chi connectivity index (χ4n) is 9.27. The summed E-state index contributed by atoms with van der Waals surface area (Å²) in [5.41, 5.74) is -24.8. The van der Waals surface area contributed by atoms with Crippen molar-refractivity contribution in [2.45, 2.75) is 61.9 Å². The number of rotatable bonds is 7. The van der Waals surface area contributed by atoms with Gasteiger partial charge in [-0.1, -0.05) is 121 Å². The van der Waals surface area contributed by atoms with Crippen LogP contribution in [0.15, 0.2) is 158 Å². The third-order valence-corrected chi connectivity index (χ3v) is 12.7. The molecule has 0 saturated carbocycles. The molecular weight excluding hydrogens is 1120 g/mol. The molecule has 0 N–H and O–H groups in total. The van der Waals surface area contributed by atoms with Crippen molar-refractivity contribution in [3.05, 3.63) is 225 Å². The van der Waals surface area contributed by atoms with E-state index in [1.165, 1.54) is 22.4 Å². The monoisotopic (exact) mass is 1150 g/mol. The molecule has 1 atom stereocenters. The van der Waals surface area contributed by atoms with Crippen molar-refractivity contribution in [3.8, 4) is 0 Å². The van der Waals surface area contributed by atoms with Gasteiger partial charge in [0.05, 0.1) is 50.4 Å². The maximum absolute atomic E-state index is 14.2. The Balaban J connectivity index is 0.000000336. The van der Waals surface area contributed by atoms with E-state index in [1.807, 2.05) is 0 Å². The van der Waals surface area contributed by atoms with E-state index in [2.05, 4.69) is 95.7 Å². The van der Waals surface area contributed by atoms with Crippen molar-refractivity contribution in [1.82, 2.24) is 0 Å². The highest BCUT2D eigenvalue weighted by Crippen LogP contribution is 2.42. The molecule has 0 spiro atoms. The number of aromatic nitrogens is 1. The Hall–Kier alpha value is -7.41. The molecule has 1 aromatic heterocycles. The number of alkyl halides is 24. The van der Waals surface area contributed by atoms with Crippen molar-refractivity contribution < 1.29 is 110 Å². The second-order valence-corrected chi connectivity index (χ2v) is 17.9. The highest BCUT2D eigenvalue weighted by atomic mass is 19.4. The lowest BCUT2D eigenvalue weighted by atomic mass is 9.12. The summed E-state index contributed by atoms with van der Waals surface area (Å²) in [4.78, 5) is 0. The van der Waals surface area contributed by atoms with E-state index >= 15 is 0 Å². The van der Waals surface area contributed by atoms with Crippen LogP contribution in [0.25, 0.3) is 6.08 Å². The SMILES string of the molecule is C1=CC(c2cccc[n+]2Cc2ccccc2)c2ccccc21.FC(F)(F)c1cc([B-](c2cc(C(F)(F)F)cc(C(F)(F)F)c2)(c2cc(C(F)(F)F)cc(C(F)(F)F)c2)c2cc(C(F)(F)F)cc(C(F)(F)F)c2)cc(C(F)(F)F)c1. The maximum atomic E-state index is 14.2. The minimum Gasteiger partial charge on any atom is -0.197 e. The normalized spacial score (nSPS) is 14.7. The third-order valence-electron chi connectivity index (χ3n) is 12.7. The molecule has 0 amide bonds. The first-order valence-corrected chi connectivity index (χ1v) is 22.3. The molecule has 0 fully saturated rings. The number of benzene rings is 6. The average Bonchev–Trinajstić information content (AvgIpc) is 3.82. The van der Waals surface area contributed by atoms with E-state index in [-0.39, 0.29) is 0 Å². The molecule has 79 heavy (non-hydrogen) atoms. The van der Waals surface area contributed by atoms with Crippen LogP contribution in [-0.4, -0.2) is 6.15 Å². The summed E-state index contributed by atoms with van der Waals surface area (Å²) in [6.45, 7) is 0.906. The first-order valence-electron chi connectivity index (χ1n) is 22.3. The number of nitrogens with zero attached hydrogens (tertiary/aromatic N) is 1. The molecule has 1 nitrogen and oxygen atoms in total. The Morgan fingerprint density at radius 3 is 0.937 bits per heavy atom. The van der Waals surface area contributed by atoms with E-state index in [1.54, 1.807) is 0 Å². The second kappa shape index (κ2) is 20.7. The van der Waals surface area contributed by atoms with Crippen molar-refractivity contribution in [2.24, 2.45) is 0 Å². The molecule has 1 aliphatic rings. The molecular formula is C53H30BF24N. The lowest BCUT2D eigenvalue weighted by Crippen LogP contribution is -2.75. The molecule has 0 aliphatic heterocycles. The minimum atomic E-state index is -6.13. The van der Waals surface area contributed by atoms with Gasteiger partial charge in [0.25, 0.3) is 0 Å². The smallest absolute Gasteiger partial charge is 0.197 e. The molecule has 0 radical (unpaired) electrons. The standard InChI is InChI=1S/C32H12BF24.C21H18N/c34-25(35,36)13-1-14(26(37,38)39)6-21(5-13)33(22-7-15(27(40,41)42)2-16(8-22)28(43,44)45,23-9-17(29(46,47)48)3-18(10-23)30(49,50)51)24-11-19(31(52,53)54)4-20(12-24)32(55,56)57;1-2-8-17(9-3-1)16-22-15-7-6-12-21(22)20-14-13-18-10-4-5-11-19(18)20/h1-12H;1-15,20H,16H2/q-1;+1. The quantitative estimate of drug-likeness (QED) is 0.0851. The summed E-state index contributed by atoms with van der Waals surface area (Å²) in [7, 11) is 0. The van der Waals surface area contributed by atoms with Gasteiger partial charge in [-0.3, -0.25) is 0 Å². The van der Waals surface area contributed by atoms with Crippen LogP contribution in [0.4, 0.5) is 105 Å². The van der Waals surface area contributed by atoms with Crippen LogP contribution < -0.4 is 26.4 Å². The largest absolute Gasteiger partial charge is 0.416 e. The molecule has 6 aromatic carbocycles. The Kier molecular flexibility index (Phi) is 15.5. The zero-order valence-corrected chi connectivity index (χ0v) is 39.0. The van der Waals surface area contributed by atoms with Crippen LogP contribution in [0.2, 0.25) is 0 Å². The van der Waals surface area contributed by atoms with E-state index in [0.717, 1.165) is 6.54 Å². The zero-order valence-electron chi connectivity index (χ0n) is 39.0. The molecule has 1 aliphatic carbocycles. The summed E-state index contributed by atoms with van der Waals surface area (Å²) >= 11 is 0. The summed E-state index contributed by atoms with van der Waals surface area (Å²) in [6.07, 6.45) is -48.1. The fourth-order valence-corrected chi connectivity index (χ4v) is 9.27. The first kappa shape index (κ1) is 59.3. The lowest BCUT2D eigenvalue weighted by Gasteiger charge is -2.46. The van der Waals surface area contributed by atoms with Gasteiger partial charge in [-0.25, -0.2) is 0 Å². The van der Waals surface area contributed by atoms with Gasteiger partial charge >= 0.3 is 49.4 Å². The van der Waals surface area contributed by atoms with Crippen LogP contribution in [0.1, 0.15) is 72.8 Å². The number of hydrogen-bond acceptors (Lipinski definition) is 0. The van der Waals surface area contributed by atoms with Crippen LogP contribution >= 0.6 is 0 Å². The lowest BCUT2D eigenvalue weighted by molar-refractivity contribution is -0.696. The van der Waals surface area contributed by atoms with Gasteiger partial charge in [-0.15, -0.1) is 0 Å². The molecule has 26 heteroatoms. The molecule has 418 valence electrons. The molecule has 7 aromatic rings. The molecule has 8 rings (SSSR count). The number of allylic oxidation sites excluding steroid dienone is 1. The van der Waals surface area contributed by atoms with Crippen LogP contribution in [0, 0.1) is 0 Å². The van der Waals surface area contributed by atoms with E-state index in [9.17, 15) is 105 Å². The Morgan fingerprint density at radius 1 is 0.329 bits per heavy atom. The Bertz CT molecular complexity index is 2940. The number of halogens is 24. The van der Waals surface area contributed by atoms with Gasteiger partial charge in [-0.05, 0) is 35.4 Å². The predicted octanol–water partition coefficient (Wildman–Crippen LogP) is 15.4. The van der Waals surface area contributed by atoms with Crippen molar-refractivity contribution in [1.29, 1.82) is 0 Å². The molecule has 1 heterocycles. The molecule has 0 saturated heterocycles. The van der Waals surface area contributed by atoms with Crippen molar-refractivity contribution in [2.75, 3.05) is 0 Å². The topological polar surface area (TPSA) is 3.88 Å². The van der Waals surface area contributed by atoms with Gasteiger partial charge in [0.1, 0.15) is 6.15 Å². The van der Waals surface area contributed by atoms with Crippen LogP contribution in [-0.2, 0) is 56.0 Å². The van der Waals surface area contributed by atoms with E-state index in [4.69, 9.17) is 0 Å². The predicted molar refractivity (Wildman–Crippen MR) is 240 cm³/mol. The van der Waals surface area contributed by atoms with Crippen molar-refractivity contribution in [3.63, 3.8) is 0 Å². The van der Waals surface area contributed by atoms with Gasteiger partial charge in [0.15, 0.2) is 18.4 Å². The maximum Gasteiger partial charge on any atom is 0.416 e. The zero-order chi connectivity index (χ0) is 58.7. The second-order valence-electron chi connectivity index (χ2n) is 17.9. The van der Waals surface area contributed by atoms with Gasteiger partial charge in [0.2, 0.25) is 0 Å². The summed E-state index contributed by atoms with van der Waals surface area (Å²) < 4.78 is 343. The summed E-state index contributed by atoms with van der Waals surface area (Å²) in [5, 5.41) is 0. The van der Waals surface area contributed by atoms with Crippen LogP contribution in [0.5, 0.6) is 0 Å². The number of fused-ring (bicyclic) bond motifs is 1.